The van der Waals surface area contributed by atoms with Crippen molar-refractivity contribution in [1.29, 1.82) is 0 Å². The van der Waals surface area contributed by atoms with Crippen LogP contribution in [0.5, 0.6) is 0 Å². The molecule has 1 unspecified atom stereocenters. The molecule has 2 aliphatic heterocycles. The lowest BCUT2D eigenvalue weighted by molar-refractivity contribution is -0.384. The van der Waals surface area contributed by atoms with Crippen LogP contribution in [0.2, 0.25) is 0 Å². The summed E-state index contributed by atoms with van der Waals surface area (Å²) in [6.07, 6.45) is 1.67. The largest absolute Gasteiger partial charge is 0.368 e. The van der Waals surface area contributed by atoms with Crippen molar-refractivity contribution in [3.63, 3.8) is 0 Å². The van der Waals surface area contributed by atoms with Gasteiger partial charge in [-0.05, 0) is 18.9 Å². The number of carbonyl (C=O) groups is 2. The van der Waals surface area contributed by atoms with E-state index in [0.29, 0.717) is 32.7 Å². The van der Waals surface area contributed by atoms with Crippen LogP contribution in [0.15, 0.2) is 24.3 Å². The standard InChI is InChI=1S/C21H30N4O4/c1-21(2,3)20(27)24-9-5-6-16(15-24)19(26)23-12-10-22(11-13-23)17-7-4-8-18(14-17)25(28)29/h4,7-8,14,16H,5-6,9-13,15H2,1-3H3. The number of hydrogen-bond donors (Lipinski definition) is 0. The summed E-state index contributed by atoms with van der Waals surface area (Å²) >= 11 is 0. The van der Waals surface area contributed by atoms with Gasteiger partial charge in [-0.25, -0.2) is 0 Å². The average molecular weight is 402 g/mol. The summed E-state index contributed by atoms with van der Waals surface area (Å²) in [5.41, 5.74) is 0.451. The van der Waals surface area contributed by atoms with Crippen molar-refractivity contribution in [1.82, 2.24) is 9.80 Å². The van der Waals surface area contributed by atoms with Gasteiger partial charge >= 0.3 is 0 Å². The molecule has 158 valence electrons. The Bertz CT molecular complexity index is 781. The van der Waals surface area contributed by atoms with Gasteiger partial charge in [-0.1, -0.05) is 26.8 Å². The third kappa shape index (κ3) is 4.86. The molecule has 0 aromatic heterocycles. The van der Waals surface area contributed by atoms with Gasteiger partial charge in [0.2, 0.25) is 11.8 Å². The number of piperidine rings is 1. The van der Waals surface area contributed by atoms with Crippen LogP contribution in [-0.2, 0) is 9.59 Å². The molecule has 3 rings (SSSR count). The third-order valence-electron chi connectivity index (χ3n) is 5.70. The van der Waals surface area contributed by atoms with Crippen LogP contribution in [0.1, 0.15) is 33.6 Å². The molecule has 0 spiro atoms. The van der Waals surface area contributed by atoms with Gasteiger partial charge in [-0.15, -0.1) is 0 Å². The Morgan fingerprint density at radius 3 is 2.38 bits per heavy atom. The molecule has 0 N–H and O–H groups in total. The number of nitro benzene ring substituents is 1. The molecule has 0 aliphatic carbocycles. The topological polar surface area (TPSA) is 87.0 Å². The van der Waals surface area contributed by atoms with Crippen molar-refractivity contribution in [2.45, 2.75) is 33.6 Å². The Hall–Kier alpha value is -2.64. The number of likely N-dealkylation sites (tertiary alicyclic amines) is 1. The van der Waals surface area contributed by atoms with E-state index in [-0.39, 0.29) is 23.4 Å². The second-order valence-corrected chi connectivity index (χ2v) is 8.93. The molecule has 2 amide bonds. The fraction of sp³-hybridized carbons (Fsp3) is 0.619. The molecular formula is C21H30N4O4. The number of hydrogen-bond acceptors (Lipinski definition) is 5. The molecule has 29 heavy (non-hydrogen) atoms. The molecule has 2 fully saturated rings. The first kappa shape index (κ1) is 21.1. The number of amides is 2. The van der Waals surface area contributed by atoms with Crippen LogP contribution in [0.4, 0.5) is 11.4 Å². The molecule has 2 heterocycles. The highest BCUT2D eigenvalue weighted by Gasteiger charge is 2.35. The van der Waals surface area contributed by atoms with E-state index in [1.807, 2.05) is 36.6 Å². The first-order chi connectivity index (χ1) is 13.7. The second kappa shape index (κ2) is 8.39. The number of rotatable bonds is 3. The van der Waals surface area contributed by atoms with Crippen molar-refractivity contribution in [2.75, 3.05) is 44.2 Å². The Labute approximate surface area is 171 Å². The predicted molar refractivity (Wildman–Crippen MR) is 111 cm³/mol. The zero-order valence-electron chi connectivity index (χ0n) is 17.5. The maximum absolute atomic E-state index is 13.0. The maximum atomic E-state index is 13.0. The van der Waals surface area contributed by atoms with Gasteiger partial charge in [0.15, 0.2) is 0 Å². The van der Waals surface area contributed by atoms with Gasteiger partial charge in [0.05, 0.1) is 10.8 Å². The number of nitrogens with zero attached hydrogens (tertiary/aromatic N) is 4. The fourth-order valence-electron chi connectivity index (χ4n) is 4.08. The fourth-order valence-corrected chi connectivity index (χ4v) is 4.08. The van der Waals surface area contributed by atoms with E-state index in [9.17, 15) is 19.7 Å². The van der Waals surface area contributed by atoms with Gasteiger partial charge in [-0.2, -0.15) is 0 Å². The number of carbonyl (C=O) groups excluding carboxylic acids is 2. The number of benzene rings is 1. The molecule has 0 radical (unpaired) electrons. The van der Waals surface area contributed by atoms with Crippen molar-refractivity contribution in [3.05, 3.63) is 34.4 Å². The van der Waals surface area contributed by atoms with E-state index in [1.54, 1.807) is 12.1 Å². The highest BCUT2D eigenvalue weighted by molar-refractivity contribution is 5.84. The van der Waals surface area contributed by atoms with E-state index in [1.165, 1.54) is 6.07 Å². The van der Waals surface area contributed by atoms with E-state index < -0.39 is 10.3 Å². The lowest BCUT2D eigenvalue weighted by Crippen LogP contribution is -2.54. The highest BCUT2D eigenvalue weighted by atomic mass is 16.6. The Morgan fingerprint density at radius 1 is 1.07 bits per heavy atom. The summed E-state index contributed by atoms with van der Waals surface area (Å²) in [6.45, 7) is 9.42. The summed E-state index contributed by atoms with van der Waals surface area (Å²) in [5, 5.41) is 11.0. The molecule has 8 heteroatoms. The van der Waals surface area contributed by atoms with Crippen LogP contribution in [-0.4, -0.2) is 65.8 Å². The molecule has 0 bridgehead atoms. The van der Waals surface area contributed by atoms with Gasteiger partial charge in [-0.3, -0.25) is 19.7 Å². The van der Waals surface area contributed by atoms with E-state index in [0.717, 1.165) is 25.1 Å². The quantitative estimate of drug-likeness (QED) is 0.573. The van der Waals surface area contributed by atoms with Crippen LogP contribution in [0, 0.1) is 21.4 Å². The summed E-state index contributed by atoms with van der Waals surface area (Å²) in [6, 6.07) is 6.61. The van der Waals surface area contributed by atoms with Crippen LogP contribution in [0.25, 0.3) is 0 Å². The lowest BCUT2D eigenvalue weighted by atomic mass is 9.90. The van der Waals surface area contributed by atoms with E-state index >= 15 is 0 Å². The van der Waals surface area contributed by atoms with Crippen LogP contribution < -0.4 is 4.90 Å². The van der Waals surface area contributed by atoms with Crippen molar-refractivity contribution < 1.29 is 14.5 Å². The first-order valence-electron chi connectivity index (χ1n) is 10.2. The maximum Gasteiger partial charge on any atom is 0.271 e. The number of non-ortho nitro benzene ring substituents is 1. The minimum absolute atomic E-state index is 0.0758. The molecule has 2 aliphatic rings. The van der Waals surface area contributed by atoms with Gasteiger partial charge < -0.3 is 14.7 Å². The Balaban J connectivity index is 1.58. The molecule has 1 aromatic carbocycles. The Morgan fingerprint density at radius 2 is 1.76 bits per heavy atom. The lowest BCUT2D eigenvalue weighted by Gasteiger charge is -2.40. The van der Waals surface area contributed by atoms with Gasteiger partial charge in [0.25, 0.3) is 5.69 Å². The van der Waals surface area contributed by atoms with Crippen molar-refractivity contribution in [3.8, 4) is 0 Å². The van der Waals surface area contributed by atoms with Crippen molar-refractivity contribution >= 4 is 23.2 Å². The molecule has 2 saturated heterocycles. The second-order valence-electron chi connectivity index (χ2n) is 8.93. The highest BCUT2D eigenvalue weighted by Crippen LogP contribution is 2.26. The van der Waals surface area contributed by atoms with Crippen LogP contribution in [0.3, 0.4) is 0 Å². The van der Waals surface area contributed by atoms with Gasteiger partial charge in [0.1, 0.15) is 0 Å². The normalized spacial score (nSPS) is 20.5. The number of anilines is 1. The zero-order chi connectivity index (χ0) is 21.2. The summed E-state index contributed by atoms with van der Waals surface area (Å²) < 4.78 is 0. The smallest absolute Gasteiger partial charge is 0.271 e. The van der Waals surface area contributed by atoms with E-state index in [4.69, 9.17) is 0 Å². The van der Waals surface area contributed by atoms with E-state index in [2.05, 4.69) is 4.90 Å². The monoisotopic (exact) mass is 402 g/mol. The third-order valence-corrected chi connectivity index (χ3v) is 5.70. The average Bonchev–Trinajstić information content (AvgIpc) is 2.72. The SMILES string of the molecule is CC(C)(C)C(=O)N1CCCC(C(=O)N2CCN(c3cccc([N+](=O)[O-])c3)CC2)C1. The summed E-state index contributed by atoms with van der Waals surface area (Å²) in [7, 11) is 0. The first-order valence-corrected chi connectivity index (χ1v) is 10.2. The summed E-state index contributed by atoms with van der Waals surface area (Å²) in [5.74, 6) is 0.0833. The Kier molecular flexibility index (Phi) is 6.10. The van der Waals surface area contributed by atoms with Crippen molar-refractivity contribution in [2.24, 2.45) is 11.3 Å². The molecule has 1 aromatic rings. The molecule has 0 saturated carbocycles. The zero-order valence-corrected chi connectivity index (χ0v) is 17.5. The number of piperazine rings is 1. The molecule has 1 atom stereocenters. The minimum atomic E-state index is -0.436. The number of nitro groups is 1. The minimum Gasteiger partial charge on any atom is -0.368 e. The van der Waals surface area contributed by atoms with Gasteiger partial charge in [0, 0.05) is 62.5 Å². The molecule has 8 nitrogen and oxygen atoms in total. The summed E-state index contributed by atoms with van der Waals surface area (Å²) in [4.78, 5) is 42.0. The van der Waals surface area contributed by atoms with Crippen LogP contribution >= 0.6 is 0 Å². The predicted octanol–water partition coefficient (Wildman–Crippen LogP) is 2.53. The molecular weight excluding hydrogens is 372 g/mol.